The van der Waals surface area contributed by atoms with E-state index < -0.39 is 0 Å². The first kappa shape index (κ1) is 15.4. The summed E-state index contributed by atoms with van der Waals surface area (Å²) in [7, 11) is 1.42. The van der Waals surface area contributed by atoms with Crippen molar-refractivity contribution < 1.29 is 14.6 Å². The Kier molecular flexibility index (Phi) is 7.23. The van der Waals surface area contributed by atoms with E-state index in [1.165, 1.54) is 7.11 Å². The minimum Gasteiger partial charge on any atom is -0.468 e. The number of likely N-dealkylation sites (tertiary alicyclic amines) is 1. The molecule has 0 amide bonds. The second-order valence-corrected chi connectivity index (χ2v) is 5.04. The molecule has 0 aromatic carbocycles. The predicted octanol–water partition coefficient (Wildman–Crippen LogP) is 0.232. The third-order valence-electron chi connectivity index (χ3n) is 3.41. The van der Waals surface area contributed by atoms with Crippen molar-refractivity contribution in [2.75, 3.05) is 39.9 Å². The van der Waals surface area contributed by atoms with Crippen molar-refractivity contribution in [1.29, 1.82) is 0 Å². The molecule has 5 heteroatoms. The van der Waals surface area contributed by atoms with Crippen molar-refractivity contribution in [3.05, 3.63) is 0 Å². The Morgan fingerprint density at radius 2 is 2.28 bits per heavy atom. The topological polar surface area (TPSA) is 61.8 Å². The first-order valence-corrected chi connectivity index (χ1v) is 6.83. The molecule has 0 aliphatic carbocycles. The Morgan fingerprint density at radius 3 is 2.89 bits per heavy atom. The Bertz CT molecular complexity index is 248. The van der Waals surface area contributed by atoms with Gasteiger partial charge in [-0.15, -0.1) is 0 Å². The number of methoxy groups -OCH3 is 1. The van der Waals surface area contributed by atoms with Gasteiger partial charge in [0.15, 0.2) is 0 Å². The zero-order chi connectivity index (χ0) is 13.4. The van der Waals surface area contributed by atoms with Gasteiger partial charge in [-0.1, -0.05) is 6.92 Å². The van der Waals surface area contributed by atoms with Crippen LogP contribution in [0.5, 0.6) is 0 Å². The van der Waals surface area contributed by atoms with Gasteiger partial charge in [-0.2, -0.15) is 0 Å². The van der Waals surface area contributed by atoms with Gasteiger partial charge in [-0.05, 0) is 31.7 Å². The quantitative estimate of drug-likeness (QED) is 0.640. The second kappa shape index (κ2) is 8.45. The molecular weight excluding hydrogens is 232 g/mol. The van der Waals surface area contributed by atoms with Gasteiger partial charge in [0.05, 0.1) is 13.7 Å². The Morgan fingerprint density at radius 1 is 1.50 bits per heavy atom. The van der Waals surface area contributed by atoms with E-state index in [9.17, 15) is 4.79 Å². The first-order chi connectivity index (χ1) is 8.69. The summed E-state index contributed by atoms with van der Waals surface area (Å²) in [6, 6.07) is 0.417. The van der Waals surface area contributed by atoms with E-state index in [0.717, 1.165) is 38.9 Å². The molecule has 1 rings (SSSR count). The summed E-state index contributed by atoms with van der Waals surface area (Å²) in [6.07, 6.45) is 3.00. The summed E-state index contributed by atoms with van der Waals surface area (Å²) >= 11 is 0. The van der Waals surface area contributed by atoms with Crippen molar-refractivity contribution in [3.63, 3.8) is 0 Å². The smallest absolute Gasteiger partial charge is 0.319 e. The Labute approximate surface area is 109 Å². The van der Waals surface area contributed by atoms with Gasteiger partial charge in [0.1, 0.15) is 0 Å². The molecule has 0 spiro atoms. The summed E-state index contributed by atoms with van der Waals surface area (Å²) in [4.78, 5) is 13.5. The highest BCUT2D eigenvalue weighted by molar-refractivity contribution is 5.71. The maximum Gasteiger partial charge on any atom is 0.319 e. The van der Waals surface area contributed by atoms with Crippen molar-refractivity contribution in [1.82, 2.24) is 10.2 Å². The maximum atomic E-state index is 11.3. The van der Waals surface area contributed by atoms with Crippen LogP contribution in [-0.2, 0) is 9.53 Å². The van der Waals surface area contributed by atoms with Crippen LogP contribution < -0.4 is 5.32 Å². The molecule has 0 aromatic heterocycles. The number of nitrogens with one attached hydrogen (secondary N) is 1. The molecule has 0 aromatic rings. The van der Waals surface area contributed by atoms with Crippen LogP contribution >= 0.6 is 0 Å². The molecule has 106 valence electrons. The summed E-state index contributed by atoms with van der Waals surface area (Å²) in [5, 5.41) is 12.6. The first-order valence-electron chi connectivity index (χ1n) is 6.83. The van der Waals surface area contributed by atoms with Gasteiger partial charge in [0.25, 0.3) is 0 Å². The fraction of sp³-hybridized carbons (Fsp3) is 0.923. The molecule has 1 aliphatic heterocycles. The van der Waals surface area contributed by atoms with E-state index >= 15 is 0 Å². The molecule has 1 fully saturated rings. The normalized spacial score (nSPS) is 25.1. The zero-order valence-corrected chi connectivity index (χ0v) is 11.5. The number of rotatable bonds is 7. The van der Waals surface area contributed by atoms with Crippen LogP contribution in [0.2, 0.25) is 0 Å². The van der Waals surface area contributed by atoms with Crippen molar-refractivity contribution in [2.45, 2.75) is 32.2 Å². The van der Waals surface area contributed by atoms with E-state index in [-0.39, 0.29) is 12.6 Å². The van der Waals surface area contributed by atoms with Gasteiger partial charge < -0.3 is 15.2 Å². The lowest BCUT2D eigenvalue weighted by molar-refractivity contribution is -0.142. The summed E-state index contributed by atoms with van der Waals surface area (Å²) in [5.74, 6) is 0.275. The molecule has 2 unspecified atom stereocenters. The number of esters is 1. The molecule has 2 N–H and O–H groups in total. The third-order valence-corrected chi connectivity index (χ3v) is 3.41. The van der Waals surface area contributed by atoms with Crippen LogP contribution in [0, 0.1) is 5.92 Å². The summed E-state index contributed by atoms with van der Waals surface area (Å²) in [6.45, 7) is 5.48. The van der Waals surface area contributed by atoms with Crippen LogP contribution in [-0.4, -0.2) is 61.9 Å². The van der Waals surface area contributed by atoms with Crippen molar-refractivity contribution in [3.8, 4) is 0 Å². The number of aliphatic hydroxyl groups is 1. The molecular formula is C13H26N2O3. The SMILES string of the molecule is CCCNC1CC(CCO)CN(CC(=O)OC)C1. The molecule has 5 nitrogen and oxygen atoms in total. The lowest BCUT2D eigenvalue weighted by Gasteiger charge is -2.37. The van der Waals surface area contributed by atoms with Crippen LogP contribution in [0.4, 0.5) is 0 Å². The molecule has 2 atom stereocenters. The Hall–Kier alpha value is -0.650. The van der Waals surface area contributed by atoms with Gasteiger partial charge in [-0.25, -0.2) is 0 Å². The van der Waals surface area contributed by atoms with Crippen molar-refractivity contribution in [2.24, 2.45) is 5.92 Å². The highest BCUT2D eigenvalue weighted by Crippen LogP contribution is 2.19. The van der Waals surface area contributed by atoms with Gasteiger partial charge in [-0.3, -0.25) is 9.69 Å². The third kappa shape index (κ3) is 5.33. The van der Waals surface area contributed by atoms with Gasteiger partial charge in [0.2, 0.25) is 0 Å². The molecule has 1 aliphatic rings. The minimum absolute atomic E-state index is 0.186. The molecule has 0 radical (unpaired) electrons. The monoisotopic (exact) mass is 258 g/mol. The largest absolute Gasteiger partial charge is 0.468 e. The molecule has 1 saturated heterocycles. The molecule has 1 heterocycles. The number of hydrogen-bond donors (Lipinski definition) is 2. The predicted molar refractivity (Wildman–Crippen MR) is 70.3 cm³/mol. The second-order valence-electron chi connectivity index (χ2n) is 5.04. The number of piperidine rings is 1. The van der Waals surface area contributed by atoms with Gasteiger partial charge >= 0.3 is 5.97 Å². The van der Waals surface area contributed by atoms with Crippen LogP contribution in [0.1, 0.15) is 26.2 Å². The van der Waals surface area contributed by atoms with Gasteiger partial charge in [0, 0.05) is 25.7 Å². The molecule has 0 bridgehead atoms. The zero-order valence-electron chi connectivity index (χ0n) is 11.5. The van der Waals surface area contributed by atoms with Crippen molar-refractivity contribution >= 4 is 5.97 Å². The van der Waals surface area contributed by atoms with E-state index in [4.69, 9.17) is 9.84 Å². The maximum absolute atomic E-state index is 11.3. The van der Waals surface area contributed by atoms with E-state index in [1.807, 2.05) is 0 Å². The number of carbonyl (C=O) groups is 1. The van der Waals surface area contributed by atoms with E-state index in [1.54, 1.807) is 0 Å². The molecule has 18 heavy (non-hydrogen) atoms. The van der Waals surface area contributed by atoms with Crippen LogP contribution in [0.25, 0.3) is 0 Å². The van der Waals surface area contributed by atoms with E-state index in [0.29, 0.717) is 18.5 Å². The standard InChI is InChI=1S/C13H26N2O3/c1-3-5-14-12-7-11(4-6-16)8-15(9-12)10-13(17)18-2/h11-12,14,16H,3-10H2,1-2H3. The van der Waals surface area contributed by atoms with Crippen LogP contribution in [0.3, 0.4) is 0 Å². The lowest BCUT2D eigenvalue weighted by atomic mass is 9.91. The van der Waals surface area contributed by atoms with E-state index in [2.05, 4.69) is 17.1 Å². The number of carbonyl (C=O) groups excluding carboxylic acids is 1. The fourth-order valence-corrected chi connectivity index (χ4v) is 2.57. The molecule has 0 saturated carbocycles. The summed E-state index contributed by atoms with van der Waals surface area (Å²) < 4.78 is 4.71. The number of nitrogens with zero attached hydrogens (tertiary/aromatic N) is 1. The number of hydrogen-bond acceptors (Lipinski definition) is 5. The fourth-order valence-electron chi connectivity index (χ4n) is 2.57. The summed E-state index contributed by atoms with van der Waals surface area (Å²) in [5.41, 5.74) is 0. The highest BCUT2D eigenvalue weighted by Gasteiger charge is 2.27. The van der Waals surface area contributed by atoms with Crippen LogP contribution in [0.15, 0.2) is 0 Å². The number of ether oxygens (including phenoxy) is 1. The highest BCUT2D eigenvalue weighted by atomic mass is 16.5. The Balaban J connectivity index is 2.47. The number of aliphatic hydroxyl groups excluding tert-OH is 1. The average Bonchev–Trinajstić information content (AvgIpc) is 2.36. The minimum atomic E-state index is -0.186. The average molecular weight is 258 g/mol. The lowest BCUT2D eigenvalue weighted by Crippen LogP contribution is -2.51.